The minimum Gasteiger partial charge on any atom is -0.384 e. The maximum Gasteiger partial charge on any atom is 0.132 e. The quantitative estimate of drug-likeness (QED) is 0.803. The summed E-state index contributed by atoms with van der Waals surface area (Å²) in [6.45, 7) is 4.17. The normalized spacial score (nSPS) is 25.4. The summed E-state index contributed by atoms with van der Waals surface area (Å²) in [5.41, 5.74) is 5.71. The van der Waals surface area contributed by atoms with Crippen LogP contribution in [0.2, 0.25) is 0 Å². The van der Waals surface area contributed by atoms with Crippen LogP contribution in [-0.2, 0) is 0 Å². The average molecular weight is 220 g/mol. The molecule has 1 aromatic heterocycles. The summed E-state index contributed by atoms with van der Waals surface area (Å²) in [5.74, 6) is 2.85. The first-order valence-electron chi connectivity index (χ1n) is 6.03. The van der Waals surface area contributed by atoms with Crippen molar-refractivity contribution in [2.24, 2.45) is 5.92 Å². The fourth-order valence-electron chi connectivity index (χ4n) is 2.39. The molecular weight excluding hydrogens is 200 g/mol. The lowest BCUT2D eigenvalue weighted by molar-refractivity contribution is 0.349. The second-order valence-electron chi connectivity index (χ2n) is 4.74. The van der Waals surface area contributed by atoms with Gasteiger partial charge in [0, 0.05) is 12.1 Å². The number of nitrogens with one attached hydrogen (secondary N) is 1. The summed E-state index contributed by atoms with van der Waals surface area (Å²) in [5, 5.41) is 3.48. The van der Waals surface area contributed by atoms with Crippen molar-refractivity contribution in [3.05, 3.63) is 11.9 Å². The van der Waals surface area contributed by atoms with Crippen LogP contribution in [-0.4, -0.2) is 16.0 Å². The van der Waals surface area contributed by atoms with Gasteiger partial charge in [-0.15, -0.1) is 0 Å². The number of hydrogen-bond acceptors (Lipinski definition) is 4. The van der Waals surface area contributed by atoms with E-state index >= 15 is 0 Å². The van der Waals surface area contributed by atoms with Crippen LogP contribution in [0.1, 0.15) is 38.4 Å². The Bertz CT molecular complexity index is 344. The fraction of sp³-hybridized carbons (Fsp3) is 0.667. The number of nitrogen functional groups attached to an aromatic ring is 1. The van der Waals surface area contributed by atoms with Crippen molar-refractivity contribution in [2.45, 2.75) is 45.6 Å². The summed E-state index contributed by atoms with van der Waals surface area (Å²) >= 11 is 0. The van der Waals surface area contributed by atoms with Crippen LogP contribution in [0.4, 0.5) is 11.6 Å². The van der Waals surface area contributed by atoms with Gasteiger partial charge in [-0.2, -0.15) is 0 Å². The van der Waals surface area contributed by atoms with E-state index < -0.39 is 0 Å². The standard InChI is InChI=1S/C12H20N4/c1-8-5-3-4-6-10(8)16-12-7-11(13)14-9(2)15-12/h7-8,10H,3-6H2,1-2H3,(H3,13,14,15,16)/t8-,10-/m1/s1. The first kappa shape index (κ1) is 11.2. The number of anilines is 2. The first-order chi connectivity index (χ1) is 7.65. The Morgan fingerprint density at radius 2 is 2.06 bits per heavy atom. The zero-order chi connectivity index (χ0) is 11.5. The molecule has 4 heteroatoms. The molecule has 0 radical (unpaired) electrons. The third-order valence-electron chi connectivity index (χ3n) is 3.30. The number of rotatable bonds is 2. The van der Waals surface area contributed by atoms with Crippen LogP contribution in [0.25, 0.3) is 0 Å². The highest BCUT2D eigenvalue weighted by Crippen LogP contribution is 2.26. The van der Waals surface area contributed by atoms with Gasteiger partial charge in [-0.05, 0) is 25.7 Å². The lowest BCUT2D eigenvalue weighted by Gasteiger charge is -2.29. The summed E-state index contributed by atoms with van der Waals surface area (Å²) < 4.78 is 0. The molecule has 0 unspecified atom stereocenters. The lowest BCUT2D eigenvalue weighted by Crippen LogP contribution is -2.30. The molecule has 2 rings (SSSR count). The van der Waals surface area contributed by atoms with Crippen molar-refractivity contribution in [2.75, 3.05) is 11.1 Å². The molecule has 4 nitrogen and oxygen atoms in total. The van der Waals surface area contributed by atoms with E-state index in [0.717, 1.165) is 11.6 Å². The number of nitrogens with zero attached hydrogens (tertiary/aromatic N) is 2. The van der Waals surface area contributed by atoms with Crippen LogP contribution in [0.15, 0.2) is 6.07 Å². The molecular formula is C12H20N4. The zero-order valence-electron chi connectivity index (χ0n) is 10.0. The number of aryl methyl sites for hydroxylation is 1. The highest BCUT2D eigenvalue weighted by Gasteiger charge is 2.21. The van der Waals surface area contributed by atoms with Gasteiger partial charge in [0.2, 0.25) is 0 Å². The SMILES string of the molecule is Cc1nc(N)cc(N[C@@H]2CCCC[C@H]2C)n1. The summed E-state index contributed by atoms with van der Waals surface area (Å²) in [6.07, 6.45) is 5.19. The van der Waals surface area contributed by atoms with Gasteiger partial charge in [-0.1, -0.05) is 19.8 Å². The molecule has 1 heterocycles. The molecule has 88 valence electrons. The monoisotopic (exact) mass is 220 g/mol. The van der Waals surface area contributed by atoms with E-state index in [1.54, 1.807) is 0 Å². The molecule has 1 saturated carbocycles. The Morgan fingerprint density at radius 3 is 2.75 bits per heavy atom. The Kier molecular flexibility index (Phi) is 3.27. The molecule has 0 aliphatic heterocycles. The molecule has 3 N–H and O–H groups in total. The maximum atomic E-state index is 5.71. The zero-order valence-corrected chi connectivity index (χ0v) is 10.0. The van der Waals surface area contributed by atoms with E-state index in [4.69, 9.17) is 5.73 Å². The summed E-state index contributed by atoms with van der Waals surface area (Å²) in [7, 11) is 0. The van der Waals surface area contributed by atoms with Crippen LogP contribution >= 0.6 is 0 Å². The predicted molar refractivity (Wildman–Crippen MR) is 66.2 cm³/mol. The lowest BCUT2D eigenvalue weighted by atomic mass is 9.86. The third-order valence-corrected chi connectivity index (χ3v) is 3.30. The predicted octanol–water partition coefficient (Wildman–Crippen LogP) is 2.36. The smallest absolute Gasteiger partial charge is 0.132 e. The van der Waals surface area contributed by atoms with Crippen molar-refractivity contribution >= 4 is 11.6 Å². The van der Waals surface area contributed by atoms with E-state index in [1.807, 2.05) is 13.0 Å². The molecule has 0 spiro atoms. The highest BCUT2D eigenvalue weighted by atomic mass is 15.1. The molecule has 16 heavy (non-hydrogen) atoms. The van der Waals surface area contributed by atoms with Gasteiger partial charge >= 0.3 is 0 Å². The minimum absolute atomic E-state index is 0.530. The molecule has 0 amide bonds. The minimum atomic E-state index is 0.530. The largest absolute Gasteiger partial charge is 0.384 e. The second-order valence-corrected chi connectivity index (χ2v) is 4.74. The van der Waals surface area contributed by atoms with Crippen molar-refractivity contribution in [3.63, 3.8) is 0 Å². The molecule has 1 aromatic rings. The van der Waals surface area contributed by atoms with Gasteiger partial charge in [0.25, 0.3) is 0 Å². The molecule has 0 aromatic carbocycles. The second kappa shape index (κ2) is 4.68. The van der Waals surface area contributed by atoms with E-state index in [0.29, 0.717) is 17.8 Å². The van der Waals surface area contributed by atoms with Crippen LogP contribution < -0.4 is 11.1 Å². The van der Waals surface area contributed by atoms with Crippen molar-refractivity contribution < 1.29 is 0 Å². The summed E-state index contributed by atoms with van der Waals surface area (Å²) in [6, 6.07) is 2.34. The fourth-order valence-corrected chi connectivity index (χ4v) is 2.39. The van der Waals surface area contributed by atoms with E-state index in [1.165, 1.54) is 25.7 Å². The third kappa shape index (κ3) is 2.62. The van der Waals surface area contributed by atoms with E-state index in [2.05, 4.69) is 22.2 Å². The van der Waals surface area contributed by atoms with E-state index in [9.17, 15) is 0 Å². The van der Waals surface area contributed by atoms with Gasteiger partial charge in [-0.25, -0.2) is 9.97 Å². The maximum absolute atomic E-state index is 5.71. The highest BCUT2D eigenvalue weighted by molar-refractivity contribution is 5.45. The number of hydrogen-bond donors (Lipinski definition) is 2. The molecule has 2 atom stereocenters. The van der Waals surface area contributed by atoms with Crippen LogP contribution in [0.5, 0.6) is 0 Å². The Hall–Kier alpha value is -1.32. The van der Waals surface area contributed by atoms with Crippen molar-refractivity contribution in [1.82, 2.24) is 9.97 Å². The Labute approximate surface area is 96.7 Å². The molecule has 0 saturated heterocycles. The van der Waals surface area contributed by atoms with Gasteiger partial charge in [0.15, 0.2) is 0 Å². The van der Waals surface area contributed by atoms with Crippen LogP contribution in [0.3, 0.4) is 0 Å². The number of aromatic nitrogens is 2. The molecule has 1 fully saturated rings. The van der Waals surface area contributed by atoms with E-state index in [-0.39, 0.29) is 0 Å². The Morgan fingerprint density at radius 1 is 1.31 bits per heavy atom. The molecule has 1 aliphatic carbocycles. The number of nitrogens with two attached hydrogens (primary N) is 1. The average Bonchev–Trinajstić information content (AvgIpc) is 2.20. The Balaban J connectivity index is 2.07. The van der Waals surface area contributed by atoms with Crippen LogP contribution in [0, 0.1) is 12.8 Å². The van der Waals surface area contributed by atoms with Crippen molar-refractivity contribution in [3.8, 4) is 0 Å². The molecule has 0 bridgehead atoms. The summed E-state index contributed by atoms with van der Waals surface area (Å²) in [4.78, 5) is 8.43. The topological polar surface area (TPSA) is 63.8 Å². The first-order valence-corrected chi connectivity index (χ1v) is 6.03. The van der Waals surface area contributed by atoms with Crippen molar-refractivity contribution in [1.29, 1.82) is 0 Å². The van der Waals surface area contributed by atoms with Gasteiger partial charge in [0.05, 0.1) is 0 Å². The molecule has 1 aliphatic rings. The van der Waals surface area contributed by atoms with Gasteiger partial charge in [0.1, 0.15) is 17.5 Å². The van der Waals surface area contributed by atoms with Gasteiger partial charge < -0.3 is 11.1 Å². The van der Waals surface area contributed by atoms with Gasteiger partial charge in [-0.3, -0.25) is 0 Å².